The third kappa shape index (κ3) is 3.98. The van der Waals surface area contributed by atoms with Gasteiger partial charge in [0.25, 0.3) is 0 Å². The molecule has 1 aromatic carbocycles. The smallest absolute Gasteiger partial charge is 0.0465 e. The predicted molar refractivity (Wildman–Crippen MR) is 76.1 cm³/mol. The maximum Gasteiger partial charge on any atom is 0.0465 e. The molecule has 94 valence electrons. The highest BCUT2D eigenvalue weighted by Gasteiger charge is 2.00. The molecule has 0 aliphatic rings. The minimum atomic E-state index is 0.664. The molecule has 0 saturated carbocycles. The first kappa shape index (κ1) is 13.3. The van der Waals surface area contributed by atoms with Crippen LogP contribution < -0.4 is 5.32 Å². The van der Waals surface area contributed by atoms with Crippen LogP contribution in [0.1, 0.15) is 11.3 Å². The Bertz CT molecular complexity index is 500. The van der Waals surface area contributed by atoms with Gasteiger partial charge in [-0.15, -0.1) is 0 Å². The van der Waals surface area contributed by atoms with E-state index >= 15 is 0 Å². The van der Waals surface area contributed by atoms with E-state index in [2.05, 4.69) is 10.3 Å². The molecule has 2 rings (SSSR count). The quantitative estimate of drug-likeness (QED) is 0.845. The van der Waals surface area contributed by atoms with Crippen LogP contribution in [0.3, 0.4) is 0 Å². The third-order valence-electron chi connectivity index (χ3n) is 2.61. The number of nitrogens with zero attached hydrogens (tertiary/aromatic N) is 1. The van der Waals surface area contributed by atoms with E-state index in [0.717, 1.165) is 30.8 Å². The Morgan fingerprint density at radius 1 is 1.11 bits per heavy atom. The Hall–Kier alpha value is -1.09. The monoisotopic (exact) mass is 280 g/mol. The van der Waals surface area contributed by atoms with Crippen molar-refractivity contribution in [2.24, 2.45) is 0 Å². The zero-order valence-electron chi connectivity index (χ0n) is 9.87. The molecule has 0 radical (unpaired) electrons. The summed E-state index contributed by atoms with van der Waals surface area (Å²) in [6, 6.07) is 11.5. The molecular weight excluding hydrogens is 267 g/mol. The molecule has 2 aromatic rings. The van der Waals surface area contributed by atoms with Gasteiger partial charge in [-0.3, -0.25) is 4.98 Å². The molecule has 1 aromatic heterocycles. The van der Waals surface area contributed by atoms with Crippen LogP contribution in [-0.2, 0) is 13.0 Å². The highest BCUT2D eigenvalue weighted by atomic mass is 35.5. The molecule has 0 aliphatic heterocycles. The largest absolute Gasteiger partial charge is 0.312 e. The second kappa shape index (κ2) is 6.74. The van der Waals surface area contributed by atoms with Crippen molar-refractivity contribution in [2.45, 2.75) is 13.0 Å². The molecule has 0 atom stereocenters. The molecule has 0 unspecified atom stereocenters. The Labute approximate surface area is 117 Å². The van der Waals surface area contributed by atoms with Gasteiger partial charge in [0.15, 0.2) is 0 Å². The molecule has 2 nitrogen and oxygen atoms in total. The SMILES string of the molecule is Clc1ccc(CNCCc2ccccn2)c(Cl)c1. The second-order valence-electron chi connectivity index (χ2n) is 3.98. The maximum atomic E-state index is 6.09. The fraction of sp³-hybridized carbons (Fsp3) is 0.214. The number of aromatic nitrogens is 1. The molecule has 18 heavy (non-hydrogen) atoms. The van der Waals surface area contributed by atoms with E-state index in [1.807, 2.05) is 36.5 Å². The zero-order valence-corrected chi connectivity index (χ0v) is 11.4. The Morgan fingerprint density at radius 2 is 2.00 bits per heavy atom. The normalized spacial score (nSPS) is 10.6. The molecule has 0 saturated heterocycles. The summed E-state index contributed by atoms with van der Waals surface area (Å²) in [6.45, 7) is 1.61. The number of hydrogen-bond acceptors (Lipinski definition) is 2. The highest BCUT2D eigenvalue weighted by molar-refractivity contribution is 6.35. The summed E-state index contributed by atoms with van der Waals surface area (Å²) in [6.07, 6.45) is 2.72. The van der Waals surface area contributed by atoms with Crippen LogP contribution in [0, 0.1) is 0 Å². The second-order valence-corrected chi connectivity index (χ2v) is 4.83. The summed E-state index contributed by atoms with van der Waals surface area (Å²) in [5, 5.41) is 4.71. The molecule has 0 amide bonds. The van der Waals surface area contributed by atoms with Gasteiger partial charge in [-0.25, -0.2) is 0 Å². The van der Waals surface area contributed by atoms with Crippen LogP contribution in [0.2, 0.25) is 10.0 Å². The fourth-order valence-corrected chi connectivity index (χ4v) is 2.13. The lowest BCUT2D eigenvalue weighted by Crippen LogP contribution is -2.17. The molecule has 0 bridgehead atoms. The van der Waals surface area contributed by atoms with Gasteiger partial charge in [-0.2, -0.15) is 0 Å². The van der Waals surface area contributed by atoms with Crippen molar-refractivity contribution in [2.75, 3.05) is 6.54 Å². The van der Waals surface area contributed by atoms with Crippen LogP contribution >= 0.6 is 23.2 Å². The molecule has 4 heteroatoms. The molecule has 0 fully saturated rings. The number of benzene rings is 1. The molecule has 0 aliphatic carbocycles. The third-order valence-corrected chi connectivity index (χ3v) is 3.20. The average molecular weight is 281 g/mol. The van der Waals surface area contributed by atoms with Gasteiger partial charge < -0.3 is 5.32 Å². The predicted octanol–water partition coefficient (Wildman–Crippen LogP) is 3.72. The first-order chi connectivity index (χ1) is 8.75. The van der Waals surface area contributed by atoms with Crippen molar-refractivity contribution in [1.82, 2.24) is 10.3 Å². The highest BCUT2D eigenvalue weighted by Crippen LogP contribution is 2.20. The van der Waals surface area contributed by atoms with Gasteiger partial charge >= 0.3 is 0 Å². The number of hydrogen-bond donors (Lipinski definition) is 1. The van der Waals surface area contributed by atoms with Gasteiger partial charge in [-0.1, -0.05) is 35.3 Å². The Balaban J connectivity index is 1.79. The van der Waals surface area contributed by atoms with Crippen molar-refractivity contribution in [3.8, 4) is 0 Å². The summed E-state index contributed by atoms with van der Waals surface area (Å²) in [7, 11) is 0. The number of pyridine rings is 1. The van der Waals surface area contributed by atoms with E-state index in [-0.39, 0.29) is 0 Å². The van der Waals surface area contributed by atoms with Crippen LogP contribution in [0.4, 0.5) is 0 Å². The van der Waals surface area contributed by atoms with E-state index in [1.54, 1.807) is 6.07 Å². The Kier molecular flexibility index (Phi) is 5.00. The summed E-state index contributed by atoms with van der Waals surface area (Å²) < 4.78 is 0. The van der Waals surface area contributed by atoms with E-state index in [9.17, 15) is 0 Å². The number of nitrogens with one attached hydrogen (secondary N) is 1. The lowest BCUT2D eigenvalue weighted by Gasteiger charge is -2.06. The average Bonchev–Trinajstić information content (AvgIpc) is 2.38. The lowest BCUT2D eigenvalue weighted by molar-refractivity contribution is 0.680. The van der Waals surface area contributed by atoms with Gasteiger partial charge in [0.2, 0.25) is 0 Å². The minimum Gasteiger partial charge on any atom is -0.312 e. The number of halogens is 2. The molecule has 0 spiro atoms. The van der Waals surface area contributed by atoms with Crippen molar-refractivity contribution < 1.29 is 0 Å². The minimum absolute atomic E-state index is 0.664. The fourth-order valence-electron chi connectivity index (χ4n) is 1.65. The van der Waals surface area contributed by atoms with Crippen LogP contribution in [0.15, 0.2) is 42.6 Å². The maximum absolute atomic E-state index is 6.09. The van der Waals surface area contributed by atoms with Gasteiger partial charge in [-0.05, 0) is 29.8 Å². The number of rotatable bonds is 5. The van der Waals surface area contributed by atoms with Crippen molar-refractivity contribution >= 4 is 23.2 Å². The van der Waals surface area contributed by atoms with Gasteiger partial charge in [0.1, 0.15) is 0 Å². The van der Waals surface area contributed by atoms with Crippen LogP contribution in [0.5, 0.6) is 0 Å². The standard InChI is InChI=1S/C14H14Cl2N2/c15-12-5-4-11(14(16)9-12)10-17-8-6-13-3-1-2-7-18-13/h1-5,7,9,17H,6,8,10H2. The topological polar surface area (TPSA) is 24.9 Å². The Morgan fingerprint density at radius 3 is 2.72 bits per heavy atom. The first-order valence-corrected chi connectivity index (χ1v) is 6.56. The summed E-state index contributed by atoms with van der Waals surface area (Å²) in [5.41, 5.74) is 2.15. The summed E-state index contributed by atoms with van der Waals surface area (Å²) in [5.74, 6) is 0. The molecule has 1 heterocycles. The van der Waals surface area contributed by atoms with E-state index in [1.165, 1.54) is 0 Å². The molecule has 1 N–H and O–H groups in total. The van der Waals surface area contributed by atoms with E-state index < -0.39 is 0 Å². The zero-order chi connectivity index (χ0) is 12.8. The summed E-state index contributed by atoms with van der Waals surface area (Å²) >= 11 is 11.9. The molecular formula is C14H14Cl2N2. The van der Waals surface area contributed by atoms with Crippen molar-refractivity contribution in [1.29, 1.82) is 0 Å². The van der Waals surface area contributed by atoms with Crippen molar-refractivity contribution in [3.63, 3.8) is 0 Å². The first-order valence-electron chi connectivity index (χ1n) is 5.80. The van der Waals surface area contributed by atoms with Gasteiger partial charge in [0, 0.05) is 41.4 Å². The lowest BCUT2D eigenvalue weighted by atomic mass is 10.2. The van der Waals surface area contributed by atoms with Crippen molar-refractivity contribution in [3.05, 3.63) is 63.9 Å². The van der Waals surface area contributed by atoms with Crippen LogP contribution in [0.25, 0.3) is 0 Å². The van der Waals surface area contributed by atoms with Gasteiger partial charge in [0.05, 0.1) is 0 Å². The van der Waals surface area contributed by atoms with Crippen LogP contribution in [-0.4, -0.2) is 11.5 Å². The summed E-state index contributed by atoms with van der Waals surface area (Å²) in [4.78, 5) is 4.27. The van der Waals surface area contributed by atoms with E-state index in [0.29, 0.717) is 10.0 Å². The van der Waals surface area contributed by atoms with E-state index in [4.69, 9.17) is 23.2 Å².